The van der Waals surface area contributed by atoms with Gasteiger partial charge in [0.15, 0.2) is 0 Å². The minimum Gasteiger partial charge on any atom is -0.445 e. The second kappa shape index (κ2) is 5.67. The molecule has 0 fully saturated rings. The van der Waals surface area contributed by atoms with E-state index in [9.17, 15) is 12.9 Å². The Bertz CT molecular complexity index is 302. The molecule has 0 aliphatic rings. The zero-order valence-electron chi connectivity index (χ0n) is 6.70. The van der Waals surface area contributed by atoms with Crippen LogP contribution in [0.1, 0.15) is 0 Å². The van der Waals surface area contributed by atoms with Crippen LogP contribution in [0.15, 0.2) is 27.1 Å². The maximum Gasteiger partial charge on any atom is 1.00 e. The van der Waals surface area contributed by atoms with E-state index in [1.54, 1.807) is 6.07 Å². The first-order valence-electron chi connectivity index (χ1n) is 3.06. The summed E-state index contributed by atoms with van der Waals surface area (Å²) in [6.45, 7) is -4.93. The molecular weight excluding hydrogens is 339 g/mol. The Balaban J connectivity index is 0.00000144. The van der Waals surface area contributed by atoms with Crippen LogP contribution in [0, 0.1) is 0 Å². The monoisotopic (exact) mass is 340 g/mol. The van der Waals surface area contributed by atoms with E-state index in [-0.39, 0.29) is 55.9 Å². The molecule has 0 amide bonds. The Morgan fingerprint density at radius 1 is 1.08 bits per heavy atom. The van der Waals surface area contributed by atoms with Crippen LogP contribution in [0.5, 0.6) is 0 Å². The molecule has 0 aliphatic carbocycles. The maximum atomic E-state index is 12.2. The van der Waals surface area contributed by atoms with Crippen LogP contribution >= 0.6 is 31.9 Å². The molecule has 1 aromatic rings. The predicted octanol–water partition coefficient (Wildman–Crippen LogP) is 0.270. The summed E-state index contributed by atoms with van der Waals surface area (Å²) >= 11 is 5.82. The Hall–Kier alpha value is 1.67. The van der Waals surface area contributed by atoms with Gasteiger partial charge < -0.3 is 12.9 Å². The van der Waals surface area contributed by atoms with Crippen molar-refractivity contribution in [2.75, 3.05) is 0 Å². The molecule has 0 nitrogen and oxygen atoms in total. The van der Waals surface area contributed by atoms with E-state index in [1.807, 2.05) is 0 Å². The van der Waals surface area contributed by atoms with E-state index in [0.717, 1.165) is 6.07 Å². The summed E-state index contributed by atoms with van der Waals surface area (Å²) in [4.78, 5) is 0. The van der Waals surface area contributed by atoms with E-state index < -0.39 is 12.4 Å². The molecule has 7 heteroatoms. The number of hydrogen-bond acceptors (Lipinski definition) is 0. The minimum absolute atomic E-state index is 0. The van der Waals surface area contributed by atoms with Crippen molar-refractivity contribution in [1.82, 2.24) is 0 Å². The van der Waals surface area contributed by atoms with E-state index >= 15 is 0 Å². The average molecular weight is 342 g/mol. The van der Waals surface area contributed by atoms with Crippen molar-refractivity contribution in [2.45, 2.75) is 0 Å². The topological polar surface area (TPSA) is 0 Å². The van der Waals surface area contributed by atoms with E-state index in [2.05, 4.69) is 31.9 Å². The van der Waals surface area contributed by atoms with Crippen molar-refractivity contribution in [3.05, 3.63) is 27.1 Å². The standard InChI is InChI=1S/C6H3BBr2F3.K/c8-4-1-2-6(9)5(3-4)7(10,11)12;/h1-3H;/q-1;+1. The van der Waals surface area contributed by atoms with Crippen LogP contribution in [0.2, 0.25) is 0 Å². The molecule has 0 spiro atoms. The molecule has 66 valence electrons. The maximum absolute atomic E-state index is 12.2. The summed E-state index contributed by atoms with van der Waals surface area (Å²) < 4.78 is 37.2. The van der Waals surface area contributed by atoms with Crippen LogP contribution in [0.4, 0.5) is 12.9 Å². The van der Waals surface area contributed by atoms with Crippen LogP contribution in [0.3, 0.4) is 0 Å². The fraction of sp³-hybridized carbons (Fsp3) is 0. The third-order valence-corrected chi connectivity index (χ3v) is 2.53. The second-order valence-electron chi connectivity index (χ2n) is 2.24. The minimum atomic E-state index is -4.93. The molecule has 0 radical (unpaired) electrons. The zero-order valence-corrected chi connectivity index (χ0v) is 13.0. The van der Waals surface area contributed by atoms with Gasteiger partial charge in [-0.05, 0) is 16.6 Å². The largest absolute Gasteiger partial charge is 1.00 e. The van der Waals surface area contributed by atoms with E-state index in [4.69, 9.17) is 0 Å². The molecule has 0 bridgehead atoms. The fourth-order valence-corrected chi connectivity index (χ4v) is 1.65. The van der Waals surface area contributed by atoms with Crippen molar-refractivity contribution in [2.24, 2.45) is 0 Å². The molecule has 0 heterocycles. The van der Waals surface area contributed by atoms with Gasteiger partial charge in [0.1, 0.15) is 0 Å². The molecule has 0 aliphatic heterocycles. The molecule has 1 rings (SSSR count). The van der Waals surface area contributed by atoms with E-state index in [1.165, 1.54) is 6.07 Å². The van der Waals surface area contributed by atoms with Gasteiger partial charge in [-0.15, -0.1) is 0 Å². The normalized spacial score (nSPS) is 10.8. The molecule has 13 heavy (non-hydrogen) atoms. The molecule has 0 saturated carbocycles. The Labute approximate surface area is 133 Å². The Kier molecular flexibility index (Phi) is 6.40. The number of halogens is 5. The Morgan fingerprint density at radius 2 is 1.62 bits per heavy atom. The van der Waals surface area contributed by atoms with Crippen molar-refractivity contribution in [1.29, 1.82) is 0 Å². The quantitative estimate of drug-likeness (QED) is 0.643. The van der Waals surface area contributed by atoms with Gasteiger partial charge in [0.25, 0.3) is 0 Å². The van der Waals surface area contributed by atoms with Gasteiger partial charge >= 0.3 is 58.4 Å². The summed E-state index contributed by atoms with van der Waals surface area (Å²) in [6.07, 6.45) is 0. The summed E-state index contributed by atoms with van der Waals surface area (Å²) in [5.41, 5.74) is -0.607. The summed E-state index contributed by atoms with van der Waals surface area (Å²) in [5.74, 6) is 0. The van der Waals surface area contributed by atoms with Gasteiger partial charge in [0.2, 0.25) is 0 Å². The zero-order chi connectivity index (χ0) is 9.35. The smallest absolute Gasteiger partial charge is 0.445 e. The van der Waals surface area contributed by atoms with Crippen LogP contribution in [-0.2, 0) is 0 Å². The number of rotatable bonds is 1. The van der Waals surface area contributed by atoms with Crippen molar-refractivity contribution in [3.63, 3.8) is 0 Å². The van der Waals surface area contributed by atoms with Crippen LogP contribution in [-0.4, -0.2) is 6.98 Å². The van der Waals surface area contributed by atoms with Gasteiger partial charge in [-0.1, -0.05) is 43.4 Å². The van der Waals surface area contributed by atoms with E-state index in [0.29, 0.717) is 4.47 Å². The van der Waals surface area contributed by atoms with Crippen LogP contribution < -0.4 is 56.8 Å². The molecule has 0 saturated heterocycles. The summed E-state index contributed by atoms with van der Waals surface area (Å²) in [5, 5.41) is 0. The van der Waals surface area contributed by atoms with Crippen molar-refractivity contribution >= 4 is 44.3 Å². The van der Waals surface area contributed by atoms with Gasteiger partial charge in [0, 0.05) is 4.47 Å². The van der Waals surface area contributed by atoms with Gasteiger partial charge in [-0.25, -0.2) is 0 Å². The SMILES string of the molecule is F[B-](F)(F)c1cc(Br)ccc1Br.[K+]. The molecule has 0 atom stereocenters. The number of hydrogen-bond donors (Lipinski definition) is 0. The molecule has 1 aromatic carbocycles. The molecule has 0 unspecified atom stereocenters. The van der Waals surface area contributed by atoms with Gasteiger partial charge in [-0.3, -0.25) is 0 Å². The predicted molar refractivity (Wildman–Crippen MR) is 50.6 cm³/mol. The molecule has 0 N–H and O–H groups in total. The van der Waals surface area contributed by atoms with Crippen LogP contribution in [0.25, 0.3) is 0 Å². The first-order valence-corrected chi connectivity index (χ1v) is 4.65. The average Bonchev–Trinajstić information content (AvgIpc) is 1.92. The summed E-state index contributed by atoms with van der Waals surface area (Å²) in [6, 6.07) is 3.98. The number of benzene rings is 1. The van der Waals surface area contributed by atoms with Crippen molar-refractivity contribution in [3.8, 4) is 0 Å². The molecular formula is C6H3BBr2F3K. The third-order valence-electron chi connectivity index (χ3n) is 1.31. The second-order valence-corrected chi connectivity index (χ2v) is 4.01. The van der Waals surface area contributed by atoms with Crippen molar-refractivity contribution < 1.29 is 64.3 Å². The Morgan fingerprint density at radius 3 is 2.00 bits per heavy atom. The van der Waals surface area contributed by atoms with Gasteiger partial charge in [0.05, 0.1) is 0 Å². The molecule has 0 aromatic heterocycles. The summed E-state index contributed by atoms with van der Waals surface area (Å²) in [7, 11) is 0. The third kappa shape index (κ3) is 4.36. The first-order chi connectivity index (χ1) is 5.41. The van der Waals surface area contributed by atoms with Gasteiger partial charge in [-0.2, -0.15) is 0 Å². The first kappa shape index (κ1) is 14.7. The fourth-order valence-electron chi connectivity index (χ4n) is 0.765.